The van der Waals surface area contributed by atoms with E-state index in [1.54, 1.807) is 31.2 Å². The van der Waals surface area contributed by atoms with Crippen molar-refractivity contribution >= 4 is 68.2 Å². The van der Waals surface area contributed by atoms with Gasteiger partial charge < -0.3 is 79.7 Å². The maximum Gasteiger partial charge on any atom is 0.323 e. The van der Waals surface area contributed by atoms with E-state index in [4.69, 9.17) is 74.6 Å². The summed E-state index contributed by atoms with van der Waals surface area (Å²) in [6.07, 6.45) is 1.94. The minimum atomic E-state index is -1.32. The second-order valence-electron chi connectivity index (χ2n) is 15.1. The van der Waals surface area contributed by atoms with Gasteiger partial charge >= 0.3 is 35.5 Å². The quantitative estimate of drug-likeness (QED) is 0.0360. The Hall–Kier alpha value is -8.16. The van der Waals surface area contributed by atoms with E-state index in [0.717, 1.165) is 17.7 Å². The summed E-state index contributed by atoms with van der Waals surface area (Å²) in [7, 11) is 0. The summed E-state index contributed by atoms with van der Waals surface area (Å²) in [5.41, 5.74) is 28.9. The van der Waals surface area contributed by atoms with Crippen LogP contribution in [0.25, 0.3) is 0 Å². The highest BCUT2D eigenvalue weighted by Gasteiger charge is 2.24. The first-order chi connectivity index (χ1) is 33.6. The van der Waals surface area contributed by atoms with Gasteiger partial charge in [-0.05, 0) is 77.9 Å². The predicted octanol–water partition coefficient (Wildman–Crippen LogP) is 2.15. The number of rotatable bonds is 17. The lowest BCUT2D eigenvalue weighted by molar-refractivity contribution is -0.385. The van der Waals surface area contributed by atoms with Crippen LogP contribution < -0.4 is 28.7 Å². The van der Waals surface area contributed by atoms with Crippen molar-refractivity contribution < 1.29 is 84.9 Å². The van der Waals surface area contributed by atoms with Crippen LogP contribution in [-0.2, 0) is 43.2 Å². The third-order valence-electron chi connectivity index (χ3n) is 9.64. The first-order valence-corrected chi connectivity index (χ1v) is 20.6. The Morgan fingerprint density at radius 1 is 0.547 bits per heavy atom. The number of nitro benzene ring substituents is 2. The molecule has 1 aromatic heterocycles. The third kappa shape index (κ3) is 25.9. The Morgan fingerprint density at radius 2 is 0.973 bits per heavy atom. The van der Waals surface area contributed by atoms with Gasteiger partial charge in [-0.15, -0.1) is 0 Å². The lowest BCUT2D eigenvalue weighted by atomic mass is 9.94. The average molecular weight is 1100 g/mol. The molecule has 0 amide bonds. The van der Waals surface area contributed by atoms with E-state index >= 15 is 0 Å². The molecule has 0 aliphatic heterocycles. The number of aromatic nitrogens is 1. The summed E-state index contributed by atoms with van der Waals surface area (Å²) in [6.45, 7) is 1.74. The Labute approximate surface area is 441 Å². The number of carbonyl (C=O) groups is 5. The molecule has 412 valence electrons. The molecule has 20 N–H and O–H groups in total. The average Bonchev–Trinajstić information content (AvgIpc) is 3.33. The summed E-state index contributed by atoms with van der Waals surface area (Å²) < 4.78 is 0. The van der Waals surface area contributed by atoms with Crippen molar-refractivity contribution in [2.45, 2.75) is 75.8 Å². The number of phenols is 4. The van der Waals surface area contributed by atoms with E-state index in [0.29, 0.717) is 22.3 Å². The molecule has 27 nitrogen and oxygen atoms in total. The molecule has 0 aliphatic rings. The van der Waals surface area contributed by atoms with Crippen molar-refractivity contribution in [2.24, 2.45) is 28.7 Å². The number of hydrogen-bond donors (Lipinski definition) is 15. The zero-order valence-electron chi connectivity index (χ0n) is 38.9. The topological polar surface area (TPSA) is 517 Å². The van der Waals surface area contributed by atoms with Gasteiger partial charge in [-0.2, -0.15) is 27.0 Å². The van der Waals surface area contributed by atoms with Gasteiger partial charge in [0.25, 0.3) is 5.69 Å². The van der Waals surface area contributed by atoms with E-state index in [-0.39, 0.29) is 82.5 Å². The van der Waals surface area contributed by atoms with Crippen LogP contribution in [0.4, 0.5) is 11.4 Å². The molecule has 0 spiro atoms. The molecule has 29 heteroatoms. The van der Waals surface area contributed by atoms with E-state index in [2.05, 4.69) is 4.98 Å². The number of pyridine rings is 1. The minimum Gasteiger partial charge on any atom is -0.508 e. The molecule has 1 heterocycles. The van der Waals surface area contributed by atoms with Gasteiger partial charge in [-0.1, -0.05) is 56.8 Å². The van der Waals surface area contributed by atoms with Crippen molar-refractivity contribution in [2.75, 3.05) is 0 Å². The number of non-ortho nitro benzene ring substituents is 1. The number of phenolic OH excluding ortho intramolecular Hbond substituents is 4. The van der Waals surface area contributed by atoms with Crippen LogP contribution >= 0.6 is 27.0 Å². The van der Waals surface area contributed by atoms with Gasteiger partial charge in [-0.3, -0.25) is 49.2 Å². The Morgan fingerprint density at radius 3 is 1.36 bits per heavy atom. The molecule has 0 saturated carbocycles. The molecule has 0 aliphatic carbocycles. The lowest BCUT2D eigenvalue weighted by Gasteiger charge is -2.15. The highest BCUT2D eigenvalue weighted by molar-refractivity contribution is 7.59. The largest absolute Gasteiger partial charge is 0.508 e. The summed E-state index contributed by atoms with van der Waals surface area (Å²) in [5, 5.41) is 109. The van der Waals surface area contributed by atoms with E-state index in [9.17, 15) is 49.3 Å². The maximum absolute atomic E-state index is 10.6. The number of aliphatic hydroxyl groups excluding tert-OH is 1. The monoisotopic (exact) mass is 1090 g/mol. The number of hydrogen-bond acceptors (Lipinski definition) is 20. The van der Waals surface area contributed by atoms with Gasteiger partial charge in [0.15, 0.2) is 17.2 Å². The number of nitrogens with two attached hydrogens (primary N) is 5. The fraction of sp³-hybridized carbons (Fsp3) is 0.261. The van der Waals surface area contributed by atoms with Crippen LogP contribution in [0.1, 0.15) is 54.2 Å². The Bertz CT molecular complexity index is 2600. The predicted molar refractivity (Wildman–Crippen MR) is 280 cm³/mol. The van der Waals surface area contributed by atoms with Crippen molar-refractivity contribution in [3.8, 4) is 23.0 Å². The van der Waals surface area contributed by atoms with Crippen LogP contribution in [-0.4, -0.2) is 126 Å². The van der Waals surface area contributed by atoms with Crippen molar-refractivity contribution in [3.05, 3.63) is 158 Å². The minimum absolute atomic E-state index is 0. The van der Waals surface area contributed by atoms with Crippen molar-refractivity contribution in [3.63, 3.8) is 0 Å². The SMILES string of the molecule is C.CC(c1ccc(O)cc1)C(N)C(=O)O.NC(C(=O)O)C(O)c1cccnc1.NC(Cc1ccc([N+](=O)[O-])cc1)C(=O)O.N[C@@H](Cc1ccc(O)c(O)c1)C(=O)O.N[C@@H](Cc1ccc(O)c([N+](=O)[O-])c1)C(=O)O.S.S. The number of carboxylic acid groups (broad SMARTS) is 5. The van der Waals surface area contributed by atoms with Crippen LogP contribution in [0.5, 0.6) is 23.0 Å². The fourth-order valence-corrected chi connectivity index (χ4v) is 5.41. The van der Waals surface area contributed by atoms with Crippen LogP contribution in [0.3, 0.4) is 0 Å². The van der Waals surface area contributed by atoms with Gasteiger partial charge in [-0.25, -0.2) is 0 Å². The number of aliphatic hydroxyl groups is 1. The summed E-state index contributed by atoms with van der Waals surface area (Å²) in [4.78, 5) is 75.7. The Balaban J connectivity index is -0.000000857. The standard InChI is InChI=1S/C10H13NO3.C9H10N2O5.C9H10N2O4.C9H11NO4.C8H10N2O3.CH4.2H2S/c1-6(9(11)10(13)14)7-2-4-8(12)5-3-7;10-6(9(13)14)3-5-1-2-8(12)7(4-5)11(15)16;10-8(9(12)13)5-6-1-3-7(4-2-6)11(14)15;10-6(9(13)14)3-5-1-2-7(11)8(12)4-5;9-6(8(12)13)7(11)5-2-1-3-10-4-5;;;/h2-6,9,12H,11H2,1H3,(H,13,14);1-2,4,6,12H,3,10H2,(H,13,14);1-4,8H,5,10H2,(H,12,13);1-2,4,6,11-12H,3,10H2,(H,13,14);1-4,6-7,11H,9H2,(H,12,13);1H4;2*1H2/t;6-;;6-;;;;/m.0.0..../s1. The molecule has 75 heavy (non-hydrogen) atoms. The van der Waals surface area contributed by atoms with E-state index in [1.807, 2.05) is 0 Å². The lowest BCUT2D eigenvalue weighted by Crippen LogP contribution is -2.36. The molecule has 5 aromatic rings. The van der Waals surface area contributed by atoms with Gasteiger partial charge in [0.1, 0.15) is 42.1 Å². The smallest absolute Gasteiger partial charge is 0.323 e. The number of aliphatic carboxylic acids is 5. The number of carboxylic acids is 5. The van der Waals surface area contributed by atoms with Gasteiger partial charge in [0.05, 0.1) is 9.85 Å². The van der Waals surface area contributed by atoms with Crippen LogP contribution in [0.2, 0.25) is 0 Å². The molecule has 4 aromatic carbocycles. The molecule has 7 atom stereocenters. The van der Waals surface area contributed by atoms with Crippen LogP contribution in [0.15, 0.2) is 109 Å². The maximum atomic E-state index is 10.6. The fourth-order valence-electron chi connectivity index (χ4n) is 5.41. The number of benzene rings is 4. The van der Waals surface area contributed by atoms with Crippen molar-refractivity contribution in [1.82, 2.24) is 4.98 Å². The normalized spacial score (nSPS) is 12.6. The zero-order valence-corrected chi connectivity index (χ0v) is 40.9. The summed E-state index contributed by atoms with van der Waals surface area (Å²) in [5.74, 6) is -6.73. The summed E-state index contributed by atoms with van der Waals surface area (Å²) in [6, 6.07) is 17.6. The number of nitro groups is 2. The molecule has 0 radical (unpaired) electrons. The first kappa shape index (κ1) is 71.1. The number of nitrogens with zero attached hydrogens (tertiary/aromatic N) is 3. The van der Waals surface area contributed by atoms with E-state index < -0.39 is 87.4 Å². The Kier molecular flexibility index (Phi) is 33.2. The molecular formula is C46H62N8O19S2. The highest BCUT2D eigenvalue weighted by atomic mass is 32.1. The first-order valence-electron chi connectivity index (χ1n) is 20.6. The van der Waals surface area contributed by atoms with Crippen molar-refractivity contribution in [1.29, 1.82) is 0 Å². The highest BCUT2D eigenvalue weighted by Crippen LogP contribution is 2.27. The number of aromatic hydroxyl groups is 4. The summed E-state index contributed by atoms with van der Waals surface area (Å²) >= 11 is 0. The molecule has 5 unspecified atom stereocenters. The van der Waals surface area contributed by atoms with Gasteiger partial charge in [0.2, 0.25) is 0 Å². The molecule has 0 saturated heterocycles. The zero-order chi connectivity index (χ0) is 55.0. The second kappa shape index (κ2) is 35.1. The molecule has 5 rings (SSSR count). The second-order valence-corrected chi connectivity index (χ2v) is 15.1. The molecule has 0 fully saturated rings. The molecular weight excluding hydrogens is 1030 g/mol. The van der Waals surface area contributed by atoms with E-state index in [1.165, 1.54) is 73.1 Å². The molecule has 0 bridgehead atoms. The van der Waals surface area contributed by atoms with Gasteiger partial charge in [0, 0.05) is 42.1 Å². The van der Waals surface area contributed by atoms with Crippen LogP contribution in [0, 0.1) is 20.2 Å². The third-order valence-corrected chi connectivity index (χ3v) is 9.64.